The first-order valence-electron chi connectivity index (χ1n) is 6.16. The lowest BCUT2D eigenvalue weighted by Gasteiger charge is -2.30. The molecule has 1 aliphatic rings. The van der Waals surface area contributed by atoms with Crippen molar-refractivity contribution in [2.75, 3.05) is 0 Å². The normalized spacial score (nSPS) is 26.8. The molecule has 0 aliphatic heterocycles. The molecule has 4 nitrogen and oxygen atoms in total. The molecule has 0 aromatic carbocycles. The molecule has 100 valence electrons. The Labute approximate surface area is 104 Å². The van der Waals surface area contributed by atoms with Crippen molar-refractivity contribution >= 4 is 15.8 Å². The van der Waals surface area contributed by atoms with Gasteiger partial charge in [-0.3, -0.25) is 4.79 Å². The summed E-state index contributed by atoms with van der Waals surface area (Å²) in [4.78, 5) is 11.2. The predicted octanol–water partition coefficient (Wildman–Crippen LogP) is 1.85. The van der Waals surface area contributed by atoms with Gasteiger partial charge < -0.3 is 0 Å². The molecule has 1 saturated carbocycles. The average Bonchev–Trinajstić information content (AvgIpc) is 2.16. The van der Waals surface area contributed by atoms with Crippen LogP contribution in [0.3, 0.4) is 0 Å². The van der Waals surface area contributed by atoms with Crippen LogP contribution in [0.2, 0.25) is 0 Å². The summed E-state index contributed by atoms with van der Waals surface area (Å²) in [5.74, 6) is 0.354. The maximum absolute atomic E-state index is 12.0. The van der Waals surface area contributed by atoms with E-state index < -0.39 is 14.8 Å². The van der Waals surface area contributed by atoms with Crippen molar-refractivity contribution in [3.8, 4) is 0 Å². The first-order valence-corrected chi connectivity index (χ1v) is 7.64. The Bertz CT molecular complexity index is 373. The van der Waals surface area contributed by atoms with E-state index in [-0.39, 0.29) is 17.7 Å². The van der Waals surface area contributed by atoms with Gasteiger partial charge in [0.15, 0.2) is 0 Å². The molecule has 1 aliphatic carbocycles. The van der Waals surface area contributed by atoms with Crippen LogP contribution in [0.4, 0.5) is 0 Å². The zero-order valence-electron chi connectivity index (χ0n) is 11.1. The summed E-state index contributed by atoms with van der Waals surface area (Å²) >= 11 is 0. The molecule has 0 radical (unpaired) electrons. The van der Waals surface area contributed by atoms with E-state index in [1.165, 1.54) is 0 Å². The number of nitrogens with one attached hydrogen (secondary N) is 1. The van der Waals surface area contributed by atoms with Crippen LogP contribution in [-0.4, -0.2) is 25.0 Å². The second-order valence-electron chi connectivity index (χ2n) is 5.89. The zero-order valence-corrected chi connectivity index (χ0v) is 11.9. The van der Waals surface area contributed by atoms with Crippen LogP contribution in [0.15, 0.2) is 0 Å². The van der Waals surface area contributed by atoms with Crippen LogP contribution in [0, 0.1) is 5.92 Å². The maximum atomic E-state index is 12.0. The molecule has 0 heterocycles. The van der Waals surface area contributed by atoms with E-state index in [0.29, 0.717) is 0 Å². The standard InChI is InChI=1S/C12H23NO3S/c1-9(14)10-5-7-11(8-6-10)13-17(15,16)12(2,3)4/h10-11,13H,5-8H2,1-4H3/t10-,11-. The molecular formula is C12H23NO3S. The summed E-state index contributed by atoms with van der Waals surface area (Å²) in [7, 11) is -3.27. The molecule has 0 bridgehead atoms. The number of sulfonamides is 1. The first kappa shape index (κ1) is 14.6. The number of hydrogen-bond acceptors (Lipinski definition) is 3. The van der Waals surface area contributed by atoms with Crippen molar-refractivity contribution in [2.45, 2.75) is 64.2 Å². The SMILES string of the molecule is CC(=O)[C@H]1CC[C@H](NS(=O)(=O)C(C)(C)C)CC1. The molecule has 0 aromatic rings. The van der Waals surface area contributed by atoms with Crippen molar-refractivity contribution in [3.05, 3.63) is 0 Å². The number of carbonyl (C=O) groups excluding carboxylic acids is 1. The monoisotopic (exact) mass is 261 g/mol. The Morgan fingerprint density at radius 3 is 1.94 bits per heavy atom. The van der Waals surface area contributed by atoms with Gasteiger partial charge in [0.05, 0.1) is 4.75 Å². The van der Waals surface area contributed by atoms with E-state index in [1.807, 2.05) is 0 Å². The van der Waals surface area contributed by atoms with Crippen molar-refractivity contribution < 1.29 is 13.2 Å². The van der Waals surface area contributed by atoms with Gasteiger partial charge in [-0.25, -0.2) is 13.1 Å². The van der Waals surface area contributed by atoms with E-state index in [9.17, 15) is 13.2 Å². The third-order valence-electron chi connectivity index (χ3n) is 3.43. The highest BCUT2D eigenvalue weighted by Gasteiger charge is 2.33. The molecule has 17 heavy (non-hydrogen) atoms. The van der Waals surface area contributed by atoms with Crippen LogP contribution >= 0.6 is 0 Å². The molecule has 0 aromatic heterocycles. The summed E-state index contributed by atoms with van der Waals surface area (Å²) in [5, 5.41) is 0. The Morgan fingerprint density at radius 1 is 1.12 bits per heavy atom. The van der Waals surface area contributed by atoms with Gasteiger partial charge in [-0.2, -0.15) is 0 Å². The molecular weight excluding hydrogens is 238 g/mol. The van der Waals surface area contributed by atoms with Crippen LogP contribution in [0.5, 0.6) is 0 Å². The van der Waals surface area contributed by atoms with E-state index >= 15 is 0 Å². The van der Waals surface area contributed by atoms with Gasteiger partial charge in [0, 0.05) is 12.0 Å². The van der Waals surface area contributed by atoms with Crippen LogP contribution in [0.1, 0.15) is 53.4 Å². The third kappa shape index (κ3) is 3.78. The van der Waals surface area contributed by atoms with E-state index in [1.54, 1.807) is 27.7 Å². The molecule has 0 unspecified atom stereocenters. The van der Waals surface area contributed by atoms with Crippen molar-refractivity contribution in [1.82, 2.24) is 4.72 Å². The minimum absolute atomic E-state index is 0.00479. The Morgan fingerprint density at radius 2 is 1.59 bits per heavy atom. The summed E-state index contributed by atoms with van der Waals surface area (Å²) in [6.45, 7) is 6.69. The highest BCUT2D eigenvalue weighted by atomic mass is 32.2. The summed E-state index contributed by atoms with van der Waals surface area (Å²) in [6, 6.07) is -0.00479. The second-order valence-corrected chi connectivity index (χ2v) is 8.36. The van der Waals surface area contributed by atoms with E-state index in [0.717, 1.165) is 25.7 Å². The van der Waals surface area contributed by atoms with Crippen LogP contribution in [-0.2, 0) is 14.8 Å². The predicted molar refractivity (Wildman–Crippen MR) is 68.2 cm³/mol. The Balaban J connectivity index is 2.55. The smallest absolute Gasteiger partial charge is 0.216 e. The van der Waals surface area contributed by atoms with Crippen LogP contribution in [0.25, 0.3) is 0 Å². The minimum atomic E-state index is -3.27. The van der Waals surface area contributed by atoms with Gasteiger partial charge >= 0.3 is 0 Å². The van der Waals surface area contributed by atoms with Gasteiger partial charge in [-0.15, -0.1) is 0 Å². The lowest BCUT2D eigenvalue weighted by molar-refractivity contribution is -0.121. The molecule has 0 spiro atoms. The van der Waals surface area contributed by atoms with Crippen molar-refractivity contribution in [1.29, 1.82) is 0 Å². The maximum Gasteiger partial charge on any atom is 0.216 e. The highest BCUT2D eigenvalue weighted by Crippen LogP contribution is 2.26. The quantitative estimate of drug-likeness (QED) is 0.843. The fourth-order valence-corrected chi connectivity index (χ4v) is 3.04. The van der Waals surface area contributed by atoms with Gasteiger partial charge in [0.2, 0.25) is 10.0 Å². The number of Topliss-reactive ketones (excluding diaryl/α,β-unsaturated/α-hetero) is 1. The van der Waals surface area contributed by atoms with Crippen molar-refractivity contribution in [2.24, 2.45) is 5.92 Å². The third-order valence-corrected chi connectivity index (χ3v) is 5.69. The molecule has 0 saturated heterocycles. The summed E-state index contributed by atoms with van der Waals surface area (Å²) < 4.78 is 25.9. The fraction of sp³-hybridized carbons (Fsp3) is 0.917. The van der Waals surface area contributed by atoms with Gasteiger partial charge in [0.1, 0.15) is 5.78 Å². The largest absolute Gasteiger partial charge is 0.300 e. The van der Waals surface area contributed by atoms with Gasteiger partial charge in [-0.1, -0.05) is 0 Å². The first-order chi connectivity index (χ1) is 7.63. The average molecular weight is 261 g/mol. The topological polar surface area (TPSA) is 63.2 Å². The lowest BCUT2D eigenvalue weighted by atomic mass is 9.84. The second kappa shape index (κ2) is 5.06. The lowest BCUT2D eigenvalue weighted by Crippen LogP contribution is -2.46. The van der Waals surface area contributed by atoms with Gasteiger partial charge in [-0.05, 0) is 53.4 Å². The van der Waals surface area contributed by atoms with E-state index in [4.69, 9.17) is 0 Å². The Hall–Kier alpha value is -0.420. The number of rotatable bonds is 3. The molecule has 0 amide bonds. The molecule has 1 N–H and O–H groups in total. The molecule has 1 rings (SSSR count). The van der Waals surface area contributed by atoms with E-state index in [2.05, 4.69) is 4.72 Å². The minimum Gasteiger partial charge on any atom is -0.300 e. The molecule has 0 atom stereocenters. The summed E-state index contributed by atoms with van der Waals surface area (Å²) in [6.07, 6.45) is 3.12. The molecule has 1 fully saturated rings. The number of carbonyl (C=O) groups is 1. The zero-order chi connectivity index (χ0) is 13.3. The number of hydrogen-bond donors (Lipinski definition) is 1. The molecule has 5 heteroatoms. The highest BCUT2D eigenvalue weighted by molar-refractivity contribution is 7.90. The summed E-state index contributed by atoms with van der Waals surface area (Å²) in [5.41, 5.74) is 0. The van der Waals surface area contributed by atoms with Crippen LogP contribution < -0.4 is 4.72 Å². The fourth-order valence-electron chi connectivity index (χ4n) is 2.01. The van der Waals surface area contributed by atoms with Crippen molar-refractivity contribution in [3.63, 3.8) is 0 Å². The van der Waals surface area contributed by atoms with Gasteiger partial charge in [0.25, 0.3) is 0 Å². The number of ketones is 1. The Kier molecular flexibility index (Phi) is 4.36.